The molecule has 1 aliphatic rings. The number of amides is 4. The number of nitrogens with one attached hydrogen (secondary N) is 1. The Labute approximate surface area is 166 Å². The summed E-state index contributed by atoms with van der Waals surface area (Å²) in [6.07, 6.45) is 1.76. The van der Waals surface area contributed by atoms with Gasteiger partial charge >= 0.3 is 6.03 Å². The number of carbonyl (C=O) groups is 3. The third-order valence-electron chi connectivity index (χ3n) is 4.23. The van der Waals surface area contributed by atoms with Crippen LogP contribution in [0.25, 0.3) is 6.08 Å². The molecule has 0 aromatic heterocycles. The average molecular weight is 401 g/mol. The normalized spacial score (nSPS) is 15.7. The molecule has 0 atom stereocenters. The molecule has 0 aliphatic carbocycles. The number of urea groups is 1. The summed E-state index contributed by atoms with van der Waals surface area (Å²) in [7, 11) is 1.35. The molecule has 0 bridgehead atoms. The fourth-order valence-corrected chi connectivity index (χ4v) is 3.00. The summed E-state index contributed by atoms with van der Waals surface area (Å²) in [5.74, 6) is -1.65. The third kappa shape index (κ3) is 3.99. The molecule has 2 aromatic rings. The van der Waals surface area contributed by atoms with E-state index in [-0.39, 0.29) is 28.6 Å². The van der Waals surface area contributed by atoms with E-state index in [4.69, 9.17) is 16.3 Å². The molecule has 2 N–H and O–H groups in total. The Kier molecular flexibility index (Phi) is 5.65. The average Bonchev–Trinajstić information content (AvgIpc) is 2.68. The zero-order valence-corrected chi connectivity index (χ0v) is 15.7. The lowest BCUT2D eigenvalue weighted by atomic mass is 10.1. The Bertz CT molecular complexity index is 972. The Hall–Kier alpha value is -3.32. The van der Waals surface area contributed by atoms with Crippen LogP contribution >= 0.6 is 11.6 Å². The van der Waals surface area contributed by atoms with Crippen molar-refractivity contribution in [3.63, 3.8) is 0 Å². The third-order valence-corrected chi connectivity index (χ3v) is 4.52. The number of phenols is 1. The van der Waals surface area contributed by atoms with Crippen molar-refractivity contribution in [1.82, 2.24) is 10.2 Å². The maximum absolute atomic E-state index is 12.7. The van der Waals surface area contributed by atoms with Gasteiger partial charge in [0.1, 0.15) is 5.57 Å². The summed E-state index contributed by atoms with van der Waals surface area (Å²) in [5, 5.41) is 12.0. The van der Waals surface area contributed by atoms with Crippen LogP contribution in [0.2, 0.25) is 5.02 Å². The van der Waals surface area contributed by atoms with Crippen LogP contribution in [0, 0.1) is 0 Å². The van der Waals surface area contributed by atoms with Crippen LogP contribution in [0.5, 0.6) is 11.5 Å². The van der Waals surface area contributed by atoms with E-state index >= 15 is 0 Å². The minimum absolute atomic E-state index is 0.00637. The van der Waals surface area contributed by atoms with Gasteiger partial charge < -0.3 is 9.84 Å². The van der Waals surface area contributed by atoms with E-state index in [2.05, 4.69) is 5.32 Å². The van der Waals surface area contributed by atoms with Crippen molar-refractivity contribution in [1.29, 1.82) is 0 Å². The number of halogens is 1. The predicted molar refractivity (Wildman–Crippen MR) is 103 cm³/mol. The summed E-state index contributed by atoms with van der Waals surface area (Å²) in [4.78, 5) is 38.0. The van der Waals surface area contributed by atoms with Crippen LogP contribution < -0.4 is 10.1 Å². The number of methoxy groups -OCH3 is 1. The highest BCUT2D eigenvalue weighted by Gasteiger charge is 2.35. The SMILES string of the molecule is COc1cc(/C=C2/C(=O)NC(=O)N(CCc3ccccc3)C2=O)cc(Cl)c1O. The first-order valence-corrected chi connectivity index (χ1v) is 8.78. The predicted octanol–water partition coefficient (Wildman–Crippen LogP) is 2.76. The summed E-state index contributed by atoms with van der Waals surface area (Å²) < 4.78 is 5.02. The number of aromatic hydroxyl groups is 1. The first-order valence-electron chi connectivity index (χ1n) is 8.40. The summed E-state index contributed by atoms with van der Waals surface area (Å²) in [6, 6.07) is 11.4. The lowest BCUT2D eigenvalue weighted by Gasteiger charge is -2.26. The minimum atomic E-state index is -0.797. The second kappa shape index (κ2) is 8.14. The van der Waals surface area contributed by atoms with Crippen molar-refractivity contribution >= 4 is 35.5 Å². The quantitative estimate of drug-likeness (QED) is 0.594. The van der Waals surface area contributed by atoms with E-state index < -0.39 is 17.8 Å². The van der Waals surface area contributed by atoms with Crippen molar-refractivity contribution in [2.45, 2.75) is 6.42 Å². The monoisotopic (exact) mass is 400 g/mol. The lowest BCUT2D eigenvalue weighted by molar-refractivity contribution is -0.130. The van der Waals surface area contributed by atoms with Gasteiger partial charge in [-0.15, -0.1) is 0 Å². The fourth-order valence-electron chi connectivity index (χ4n) is 2.78. The van der Waals surface area contributed by atoms with Gasteiger partial charge in [-0.2, -0.15) is 0 Å². The second-order valence-corrected chi connectivity index (χ2v) is 6.47. The Balaban J connectivity index is 1.87. The van der Waals surface area contributed by atoms with Crippen molar-refractivity contribution in [3.8, 4) is 11.5 Å². The van der Waals surface area contributed by atoms with Gasteiger partial charge in [-0.25, -0.2) is 4.79 Å². The lowest BCUT2D eigenvalue weighted by Crippen LogP contribution is -2.54. The van der Waals surface area contributed by atoms with Gasteiger partial charge in [0.25, 0.3) is 11.8 Å². The second-order valence-electron chi connectivity index (χ2n) is 6.06. The number of carbonyl (C=O) groups excluding carboxylic acids is 3. The Morgan fingerprint density at radius 3 is 2.57 bits per heavy atom. The topological polar surface area (TPSA) is 95.9 Å². The van der Waals surface area contributed by atoms with E-state index in [1.165, 1.54) is 25.3 Å². The van der Waals surface area contributed by atoms with Crippen LogP contribution in [0.3, 0.4) is 0 Å². The van der Waals surface area contributed by atoms with Crippen LogP contribution in [0.4, 0.5) is 4.79 Å². The largest absolute Gasteiger partial charge is 0.503 e. The number of nitrogens with zero attached hydrogens (tertiary/aromatic N) is 1. The molecule has 1 saturated heterocycles. The molecule has 4 amide bonds. The van der Waals surface area contributed by atoms with E-state index in [9.17, 15) is 19.5 Å². The molecule has 1 fully saturated rings. The molecule has 28 heavy (non-hydrogen) atoms. The molecular weight excluding hydrogens is 384 g/mol. The molecule has 144 valence electrons. The van der Waals surface area contributed by atoms with E-state index in [1.807, 2.05) is 30.3 Å². The molecule has 0 spiro atoms. The summed E-state index contributed by atoms with van der Waals surface area (Å²) >= 11 is 5.95. The van der Waals surface area contributed by atoms with Crippen molar-refractivity contribution in [3.05, 3.63) is 64.2 Å². The Morgan fingerprint density at radius 1 is 1.18 bits per heavy atom. The molecule has 1 aliphatic heterocycles. The highest BCUT2D eigenvalue weighted by Crippen LogP contribution is 2.35. The van der Waals surface area contributed by atoms with Gasteiger partial charge in [-0.3, -0.25) is 19.8 Å². The zero-order valence-electron chi connectivity index (χ0n) is 14.9. The van der Waals surface area contributed by atoms with Gasteiger partial charge in [0.05, 0.1) is 12.1 Å². The first kappa shape index (κ1) is 19.4. The molecular formula is C20H17ClN2O5. The van der Waals surface area contributed by atoms with Crippen LogP contribution in [0.1, 0.15) is 11.1 Å². The zero-order chi connectivity index (χ0) is 20.3. The highest BCUT2D eigenvalue weighted by molar-refractivity contribution is 6.33. The van der Waals surface area contributed by atoms with E-state index in [0.29, 0.717) is 12.0 Å². The molecule has 7 nitrogen and oxygen atoms in total. The van der Waals surface area contributed by atoms with E-state index in [1.54, 1.807) is 0 Å². The first-order chi connectivity index (χ1) is 13.4. The van der Waals surface area contributed by atoms with Crippen LogP contribution in [0.15, 0.2) is 48.0 Å². The van der Waals surface area contributed by atoms with Gasteiger partial charge in [-0.1, -0.05) is 41.9 Å². The fraction of sp³-hybridized carbons (Fsp3) is 0.150. The number of hydrogen-bond donors (Lipinski definition) is 2. The van der Waals surface area contributed by atoms with Crippen molar-refractivity contribution in [2.24, 2.45) is 0 Å². The summed E-state index contributed by atoms with van der Waals surface area (Å²) in [5.41, 5.74) is 1.12. The molecule has 0 saturated carbocycles. The standard InChI is InChI=1S/C20H17ClN2O5/c1-28-16-11-13(10-15(21)17(16)24)9-14-18(25)22-20(27)23(19(14)26)8-7-12-5-3-2-4-6-12/h2-6,9-11,24H,7-8H2,1H3,(H,22,25,27)/b14-9-. The number of barbiturate groups is 1. The Morgan fingerprint density at radius 2 is 1.89 bits per heavy atom. The molecule has 3 rings (SSSR count). The van der Waals surface area contributed by atoms with Crippen LogP contribution in [-0.4, -0.2) is 41.5 Å². The molecule has 1 heterocycles. The molecule has 2 aromatic carbocycles. The minimum Gasteiger partial charge on any atom is -0.503 e. The number of ether oxygens (including phenoxy) is 1. The number of hydrogen-bond acceptors (Lipinski definition) is 5. The summed E-state index contributed by atoms with van der Waals surface area (Å²) in [6.45, 7) is 0.124. The van der Waals surface area contributed by atoms with Gasteiger partial charge in [0.15, 0.2) is 11.5 Å². The van der Waals surface area contributed by atoms with Crippen molar-refractivity contribution in [2.75, 3.05) is 13.7 Å². The van der Waals surface area contributed by atoms with Crippen LogP contribution in [-0.2, 0) is 16.0 Å². The maximum Gasteiger partial charge on any atom is 0.331 e. The van der Waals surface area contributed by atoms with E-state index in [0.717, 1.165) is 10.5 Å². The van der Waals surface area contributed by atoms with Gasteiger partial charge in [0, 0.05) is 6.54 Å². The maximum atomic E-state index is 12.7. The highest BCUT2D eigenvalue weighted by atomic mass is 35.5. The number of rotatable bonds is 5. The molecule has 0 unspecified atom stereocenters. The molecule has 0 radical (unpaired) electrons. The molecule has 8 heteroatoms. The number of phenolic OH excluding ortho intramolecular Hbond substituents is 1. The van der Waals surface area contributed by atoms with Crippen molar-refractivity contribution < 1.29 is 24.2 Å². The van der Waals surface area contributed by atoms with Gasteiger partial charge in [0.2, 0.25) is 0 Å². The number of benzene rings is 2. The number of imide groups is 2. The smallest absolute Gasteiger partial charge is 0.331 e. The van der Waals surface area contributed by atoms with Gasteiger partial charge in [-0.05, 0) is 35.8 Å².